The van der Waals surface area contributed by atoms with Gasteiger partial charge in [0.25, 0.3) is 11.6 Å². The van der Waals surface area contributed by atoms with Crippen molar-refractivity contribution in [2.75, 3.05) is 61.4 Å². The van der Waals surface area contributed by atoms with Gasteiger partial charge >= 0.3 is 32.7 Å². The van der Waals surface area contributed by atoms with Gasteiger partial charge in [-0.1, -0.05) is 50.2 Å². The molecule has 1 amide bonds. The maximum absolute atomic E-state index is 14.1. The Morgan fingerprint density at radius 2 is 1.48 bits per heavy atom. The number of ether oxygens (including phenoxy) is 4. The Balaban J connectivity index is 1.82. The van der Waals surface area contributed by atoms with Crippen LogP contribution in [0.2, 0.25) is 6.04 Å². The first kappa shape index (κ1) is 50.9. The first-order valence-electron chi connectivity index (χ1n) is 20.5. The Hall–Kier alpha value is -5.43. The van der Waals surface area contributed by atoms with Gasteiger partial charge in [0, 0.05) is 50.6 Å². The van der Waals surface area contributed by atoms with Crippen LogP contribution in [-0.4, -0.2) is 105 Å². The summed E-state index contributed by atoms with van der Waals surface area (Å²) < 4.78 is 38.2. The third-order valence-corrected chi connectivity index (χ3v) is 14.1. The number of allylic oxidation sites excluding steroid dienone is 1. The van der Waals surface area contributed by atoms with E-state index in [1.807, 2.05) is 24.3 Å². The Kier molecular flexibility index (Phi) is 19.5. The third kappa shape index (κ3) is 12.4. The van der Waals surface area contributed by atoms with Crippen molar-refractivity contribution >= 4 is 44.2 Å². The highest BCUT2D eigenvalue weighted by molar-refractivity contribution is 6.60. The van der Waals surface area contributed by atoms with Crippen molar-refractivity contribution in [1.29, 1.82) is 5.26 Å². The topological polar surface area (TPSA) is 210 Å². The average molecular weight is 878 g/mol. The van der Waals surface area contributed by atoms with Crippen LogP contribution >= 0.6 is 0 Å². The Morgan fingerprint density at radius 3 is 2.08 bits per heavy atom. The zero-order valence-electron chi connectivity index (χ0n) is 36.9. The number of aliphatic hydroxyl groups excluding tert-OH is 1. The van der Waals surface area contributed by atoms with E-state index in [-0.39, 0.29) is 57.7 Å². The van der Waals surface area contributed by atoms with E-state index in [0.29, 0.717) is 46.7 Å². The van der Waals surface area contributed by atoms with E-state index in [1.165, 1.54) is 28.4 Å². The Bertz CT molecular complexity index is 2010. The van der Waals surface area contributed by atoms with Gasteiger partial charge in [-0.2, -0.15) is 0 Å². The van der Waals surface area contributed by atoms with Crippen molar-refractivity contribution in [2.45, 2.75) is 72.3 Å². The second kappa shape index (κ2) is 23.7. The summed E-state index contributed by atoms with van der Waals surface area (Å²) in [6.45, 7) is 13.5. The molecule has 2 aromatic rings. The maximum atomic E-state index is 14.1. The van der Waals surface area contributed by atoms with Gasteiger partial charge in [0.15, 0.2) is 0 Å². The number of hydrogen-bond donors (Lipinski definition) is 2. The normalized spacial score (nSPS) is 15.5. The molecule has 62 heavy (non-hydrogen) atoms. The molecule has 0 fully saturated rings. The van der Waals surface area contributed by atoms with Gasteiger partial charge in [0.05, 0.1) is 62.2 Å². The van der Waals surface area contributed by atoms with E-state index in [1.54, 1.807) is 52.0 Å². The summed E-state index contributed by atoms with van der Waals surface area (Å²) in [4.78, 5) is 71.1. The summed E-state index contributed by atoms with van der Waals surface area (Å²) in [5.74, 6) is -4.91. The smallest absolute Gasteiger partial charge is 0.469 e. The number of nitrogens with zero attached hydrogens (tertiary/aromatic N) is 2. The predicted octanol–water partition coefficient (Wildman–Crippen LogP) is 5.90. The van der Waals surface area contributed by atoms with E-state index in [9.17, 15) is 34.3 Å². The quantitative estimate of drug-likeness (QED) is 0.0254. The van der Waals surface area contributed by atoms with Crippen LogP contribution < -0.4 is 5.32 Å². The molecule has 17 heteroatoms. The van der Waals surface area contributed by atoms with Crippen molar-refractivity contribution < 1.29 is 61.3 Å². The summed E-state index contributed by atoms with van der Waals surface area (Å²) in [5.41, 5.74) is 0.748. The number of amides is 1. The van der Waals surface area contributed by atoms with Crippen molar-refractivity contribution in [3.63, 3.8) is 0 Å². The van der Waals surface area contributed by atoms with E-state index < -0.39 is 67.9 Å². The van der Waals surface area contributed by atoms with E-state index >= 15 is 0 Å². The lowest BCUT2D eigenvalue weighted by Gasteiger charge is -2.37. The molecule has 336 valence electrons. The number of nitriles is 1. The highest BCUT2D eigenvalue weighted by Gasteiger charge is 2.48. The number of benzene rings is 2. The van der Waals surface area contributed by atoms with Crippen LogP contribution in [0.1, 0.15) is 87.7 Å². The molecular weight excluding hydrogens is 819 g/mol. The van der Waals surface area contributed by atoms with Crippen molar-refractivity contribution in [3.05, 3.63) is 76.3 Å². The first-order chi connectivity index (χ1) is 29.6. The van der Waals surface area contributed by atoms with Crippen molar-refractivity contribution in [3.8, 4) is 17.2 Å². The molecule has 2 aromatic carbocycles. The summed E-state index contributed by atoms with van der Waals surface area (Å²) in [6, 6.07) is 14.7. The lowest BCUT2D eigenvalue weighted by atomic mass is 9.67. The number of carbonyl (C=O) groups excluding carboxylic acids is 5. The molecule has 0 saturated heterocycles. The molecule has 0 aliphatic heterocycles. The van der Waals surface area contributed by atoms with Crippen molar-refractivity contribution in [1.82, 2.24) is 5.32 Å². The molecule has 3 rings (SSSR count). The molecule has 0 heterocycles. The average Bonchev–Trinajstić information content (AvgIpc) is 3.62. The summed E-state index contributed by atoms with van der Waals surface area (Å²) >= 11 is 0. The lowest BCUT2D eigenvalue weighted by Crippen LogP contribution is -2.43. The zero-order valence-corrected chi connectivity index (χ0v) is 37.9. The molecule has 4 unspecified atom stereocenters. The van der Waals surface area contributed by atoms with Gasteiger partial charge in [-0.05, 0) is 75.1 Å². The number of nitrogens with one attached hydrogen (secondary N) is 1. The monoisotopic (exact) mass is 877 g/mol. The molecule has 1 aliphatic rings. The standard InChI is InChI=1S/C45H59N3O13Si/c1-10-44(3,42(53)55-6)29-45(4,43(54)61-23-15-25-62(56-7,57-8)58-9)27-31(26-30(2)40(51)60-24-21-49)41(52)59-22-14-20-48-39(50)35-19-13-18-34-37(35)32-16-11-12-17-33(32)38(34)36(28-46)47-5/h11-13,16-19,30-31,49H,10,14-15,20-27,29H2,1-4,6-9H3,(H,48,50)/b38-36-. The fourth-order valence-corrected chi connectivity index (χ4v) is 9.52. The van der Waals surface area contributed by atoms with Crippen LogP contribution in [0.25, 0.3) is 21.5 Å². The molecule has 16 nitrogen and oxygen atoms in total. The van der Waals surface area contributed by atoms with Gasteiger partial charge in [0.2, 0.25) is 0 Å². The van der Waals surface area contributed by atoms with Crippen molar-refractivity contribution in [2.24, 2.45) is 22.7 Å². The molecular formula is C45H59N3O13Si. The van der Waals surface area contributed by atoms with Gasteiger partial charge < -0.3 is 42.6 Å². The van der Waals surface area contributed by atoms with Crippen LogP contribution in [0, 0.1) is 40.6 Å². The Morgan fingerprint density at radius 1 is 0.855 bits per heavy atom. The second-order valence-corrected chi connectivity index (χ2v) is 18.7. The van der Waals surface area contributed by atoms with Crippen LogP contribution in [0.15, 0.2) is 48.2 Å². The summed E-state index contributed by atoms with van der Waals surface area (Å²) in [7, 11) is 2.73. The van der Waals surface area contributed by atoms with Crippen LogP contribution in [0.4, 0.5) is 0 Å². The van der Waals surface area contributed by atoms with Gasteiger partial charge in [0.1, 0.15) is 6.61 Å². The number of methoxy groups -OCH3 is 1. The fraction of sp³-hybridized carbons (Fsp3) is 0.533. The van der Waals surface area contributed by atoms with Gasteiger partial charge in [-0.3, -0.25) is 24.0 Å². The Labute approximate surface area is 365 Å². The van der Waals surface area contributed by atoms with Crippen LogP contribution in [0.3, 0.4) is 0 Å². The van der Waals surface area contributed by atoms with Crippen LogP contribution in [-0.2, 0) is 51.4 Å². The maximum Gasteiger partial charge on any atom is 0.500 e. The number of carbonyl (C=O) groups is 5. The summed E-state index contributed by atoms with van der Waals surface area (Å²) in [6.07, 6.45) is 0.519. The molecule has 1 aliphatic carbocycles. The number of aliphatic hydroxyl groups is 1. The third-order valence-electron chi connectivity index (χ3n) is 11.3. The number of fused-ring (bicyclic) bond motifs is 3. The minimum Gasteiger partial charge on any atom is -0.469 e. The highest BCUT2D eigenvalue weighted by atomic mass is 28.4. The highest BCUT2D eigenvalue weighted by Crippen LogP contribution is 2.47. The molecule has 0 spiro atoms. The van der Waals surface area contributed by atoms with E-state index in [0.717, 1.165) is 5.56 Å². The molecule has 0 radical (unpaired) electrons. The van der Waals surface area contributed by atoms with E-state index in [2.05, 4.69) is 10.2 Å². The zero-order chi connectivity index (χ0) is 46.1. The second-order valence-electron chi connectivity index (χ2n) is 15.6. The minimum absolute atomic E-state index is 0.0386. The minimum atomic E-state index is -2.96. The first-order valence-corrected chi connectivity index (χ1v) is 22.4. The molecule has 2 N–H and O–H groups in total. The van der Waals surface area contributed by atoms with Gasteiger partial charge in [-0.25, -0.2) is 10.1 Å². The SMILES string of the molecule is [C-]#[N+]/C(C#N)=C1/c2ccccc2-c2c(C(=O)NCCCOC(=O)C(CC(C)C(=O)OCCO)CC(C)(CC(C)(CC)C(=O)OC)C(=O)OCCC[Si](OC)(OC)OC)cccc21. The largest absolute Gasteiger partial charge is 0.500 e. The molecule has 0 saturated carbocycles. The van der Waals surface area contributed by atoms with Crippen LogP contribution in [0.5, 0.6) is 0 Å². The van der Waals surface area contributed by atoms with E-state index in [4.69, 9.17) is 38.8 Å². The van der Waals surface area contributed by atoms with Gasteiger partial charge in [-0.15, -0.1) is 0 Å². The predicted molar refractivity (Wildman–Crippen MR) is 228 cm³/mol. The molecule has 4 atom stereocenters. The summed E-state index contributed by atoms with van der Waals surface area (Å²) in [5, 5.41) is 21.8. The molecule has 0 aromatic heterocycles. The molecule has 0 bridgehead atoms. The number of esters is 4. The number of rotatable bonds is 25. The fourth-order valence-electron chi connectivity index (χ4n) is 7.83. The number of hydrogen-bond acceptors (Lipinski definition) is 14. The lowest BCUT2D eigenvalue weighted by molar-refractivity contribution is -0.165.